The summed E-state index contributed by atoms with van der Waals surface area (Å²) < 4.78 is 36.3. The molecule has 0 saturated heterocycles. The molecule has 0 radical (unpaired) electrons. The van der Waals surface area contributed by atoms with E-state index < -0.39 is 18.2 Å². The molecule has 1 atom stereocenters. The number of carboxylic acid groups (broad SMARTS) is 1. The molecular weight excluding hydrogens is 293 g/mol. The van der Waals surface area contributed by atoms with Gasteiger partial charge in [-0.3, -0.25) is 0 Å². The van der Waals surface area contributed by atoms with Crippen molar-refractivity contribution in [1.29, 1.82) is 0 Å². The molecule has 6 nitrogen and oxygen atoms in total. The standard InChI is InChI=1S/C10H14N2O2.C2HF3O2/c11-9(7-14-10(12)13)6-8-4-2-1-3-5-8;3-2(4,5)1(6)7/h1-5,9H,6-7,11H2,(H2,12,13);(H,6,7). The summed E-state index contributed by atoms with van der Waals surface area (Å²) in [6.07, 6.45) is -5.19. The Labute approximate surface area is 118 Å². The van der Waals surface area contributed by atoms with Crippen molar-refractivity contribution in [3.63, 3.8) is 0 Å². The van der Waals surface area contributed by atoms with E-state index in [0.717, 1.165) is 5.56 Å². The Balaban J connectivity index is 0.000000486. The van der Waals surface area contributed by atoms with E-state index in [2.05, 4.69) is 4.74 Å². The Hall–Kier alpha value is -2.29. The molecule has 0 saturated carbocycles. The number of hydrogen-bond donors (Lipinski definition) is 3. The molecule has 9 heteroatoms. The highest BCUT2D eigenvalue weighted by molar-refractivity contribution is 5.73. The molecule has 0 aliphatic carbocycles. The van der Waals surface area contributed by atoms with Gasteiger partial charge in [-0.15, -0.1) is 0 Å². The van der Waals surface area contributed by atoms with Gasteiger partial charge in [0.25, 0.3) is 0 Å². The van der Waals surface area contributed by atoms with Gasteiger partial charge >= 0.3 is 18.2 Å². The maximum Gasteiger partial charge on any atom is 0.490 e. The summed E-state index contributed by atoms with van der Waals surface area (Å²) in [5.41, 5.74) is 11.7. The van der Waals surface area contributed by atoms with E-state index in [1.807, 2.05) is 30.3 Å². The third kappa shape index (κ3) is 10.2. The molecular formula is C12H15F3N2O4. The third-order valence-electron chi connectivity index (χ3n) is 2.02. The van der Waals surface area contributed by atoms with Gasteiger partial charge in [0, 0.05) is 6.04 Å². The SMILES string of the molecule is NC(=O)OCC(N)Cc1ccccc1.O=C(O)C(F)(F)F. The third-order valence-corrected chi connectivity index (χ3v) is 2.02. The van der Waals surface area contributed by atoms with Crippen molar-refractivity contribution in [2.75, 3.05) is 6.61 Å². The molecule has 0 fully saturated rings. The molecule has 0 aliphatic heterocycles. The Kier molecular flexibility index (Phi) is 7.84. The summed E-state index contributed by atoms with van der Waals surface area (Å²) in [7, 11) is 0. The topological polar surface area (TPSA) is 116 Å². The van der Waals surface area contributed by atoms with E-state index in [1.54, 1.807) is 0 Å². The zero-order chi connectivity index (χ0) is 16.5. The first-order valence-electron chi connectivity index (χ1n) is 5.64. The number of carbonyl (C=O) groups is 2. The van der Waals surface area contributed by atoms with Gasteiger partial charge in [0.1, 0.15) is 6.61 Å². The number of rotatable bonds is 4. The Morgan fingerprint density at radius 3 is 2.10 bits per heavy atom. The van der Waals surface area contributed by atoms with Gasteiger partial charge < -0.3 is 21.3 Å². The average molecular weight is 308 g/mol. The highest BCUT2D eigenvalue weighted by Gasteiger charge is 2.38. The van der Waals surface area contributed by atoms with Gasteiger partial charge in [-0.05, 0) is 12.0 Å². The number of hydrogen-bond acceptors (Lipinski definition) is 4. The molecule has 5 N–H and O–H groups in total. The van der Waals surface area contributed by atoms with Crippen LogP contribution < -0.4 is 11.5 Å². The number of halogens is 3. The van der Waals surface area contributed by atoms with Crippen molar-refractivity contribution in [3.8, 4) is 0 Å². The monoisotopic (exact) mass is 308 g/mol. The fraction of sp³-hybridized carbons (Fsp3) is 0.333. The van der Waals surface area contributed by atoms with E-state index in [4.69, 9.17) is 21.4 Å². The lowest BCUT2D eigenvalue weighted by Crippen LogP contribution is -2.31. The molecule has 0 bridgehead atoms. The number of nitrogens with two attached hydrogens (primary N) is 2. The summed E-state index contributed by atoms with van der Waals surface area (Å²) in [6.45, 7) is 0.157. The second kappa shape index (κ2) is 8.80. The predicted molar refractivity (Wildman–Crippen MR) is 67.3 cm³/mol. The van der Waals surface area contributed by atoms with Crippen molar-refractivity contribution in [3.05, 3.63) is 35.9 Å². The van der Waals surface area contributed by atoms with Crippen molar-refractivity contribution < 1.29 is 32.6 Å². The Morgan fingerprint density at radius 2 is 1.71 bits per heavy atom. The van der Waals surface area contributed by atoms with Crippen LogP contribution in [-0.4, -0.2) is 36.0 Å². The molecule has 0 spiro atoms. The van der Waals surface area contributed by atoms with Gasteiger partial charge in [0.05, 0.1) is 0 Å². The van der Waals surface area contributed by atoms with E-state index in [1.165, 1.54) is 0 Å². The van der Waals surface area contributed by atoms with Crippen molar-refractivity contribution in [2.45, 2.75) is 18.6 Å². The van der Waals surface area contributed by atoms with E-state index in [0.29, 0.717) is 6.42 Å². The van der Waals surface area contributed by atoms with Crippen LogP contribution in [-0.2, 0) is 16.0 Å². The zero-order valence-corrected chi connectivity index (χ0v) is 10.8. The minimum Gasteiger partial charge on any atom is -0.475 e. The molecule has 21 heavy (non-hydrogen) atoms. The van der Waals surface area contributed by atoms with Gasteiger partial charge in [0.2, 0.25) is 0 Å². The molecule has 1 rings (SSSR count). The number of ether oxygens (including phenoxy) is 1. The quantitative estimate of drug-likeness (QED) is 0.775. The summed E-state index contributed by atoms with van der Waals surface area (Å²) in [5, 5.41) is 7.12. The Bertz CT molecular complexity index is 452. The van der Waals surface area contributed by atoms with Crippen LogP contribution >= 0.6 is 0 Å². The summed E-state index contributed by atoms with van der Waals surface area (Å²) in [4.78, 5) is 19.2. The normalized spacial score (nSPS) is 11.8. The molecule has 0 aromatic heterocycles. The van der Waals surface area contributed by atoms with Gasteiger partial charge in [-0.25, -0.2) is 9.59 Å². The number of aliphatic carboxylic acids is 1. The van der Waals surface area contributed by atoms with Gasteiger partial charge in [-0.1, -0.05) is 30.3 Å². The molecule has 1 aromatic rings. The number of carboxylic acids is 1. The maximum atomic E-state index is 10.6. The minimum absolute atomic E-state index is 0.157. The summed E-state index contributed by atoms with van der Waals surface area (Å²) in [5.74, 6) is -2.76. The molecule has 1 unspecified atom stereocenters. The van der Waals surface area contributed by atoms with Crippen molar-refractivity contribution >= 4 is 12.1 Å². The van der Waals surface area contributed by atoms with Crippen LogP contribution in [0.3, 0.4) is 0 Å². The second-order valence-corrected chi connectivity index (χ2v) is 3.88. The molecule has 118 valence electrons. The van der Waals surface area contributed by atoms with Crippen LogP contribution in [0.5, 0.6) is 0 Å². The first-order valence-corrected chi connectivity index (χ1v) is 5.64. The number of alkyl halides is 3. The first kappa shape index (κ1) is 18.7. The van der Waals surface area contributed by atoms with E-state index in [-0.39, 0.29) is 12.6 Å². The fourth-order valence-corrected chi connectivity index (χ4v) is 1.16. The van der Waals surface area contributed by atoms with Crippen LogP contribution in [0.1, 0.15) is 5.56 Å². The lowest BCUT2D eigenvalue weighted by atomic mass is 10.1. The molecule has 1 amide bonds. The van der Waals surface area contributed by atoms with Crippen LogP contribution in [0.15, 0.2) is 30.3 Å². The van der Waals surface area contributed by atoms with E-state index >= 15 is 0 Å². The second-order valence-electron chi connectivity index (χ2n) is 3.88. The lowest BCUT2D eigenvalue weighted by molar-refractivity contribution is -0.192. The van der Waals surface area contributed by atoms with Crippen LogP contribution in [0.4, 0.5) is 18.0 Å². The number of primary amides is 1. The highest BCUT2D eigenvalue weighted by Crippen LogP contribution is 2.13. The fourth-order valence-electron chi connectivity index (χ4n) is 1.16. The lowest BCUT2D eigenvalue weighted by Gasteiger charge is -2.10. The molecule has 0 heterocycles. The first-order chi connectivity index (χ1) is 9.62. The number of carbonyl (C=O) groups excluding carboxylic acids is 1. The number of benzene rings is 1. The van der Waals surface area contributed by atoms with Crippen LogP contribution in [0, 0.1) is 0 Å². The van der Waals surface area contributed by atoms with Gasteiger partial charge in [-0.2, -0.15) is 13.2 Å². The summed E-state index contributed by atoms with van der Waals surface area (Å²) >= 11 is 0. The van der Waals surface area contributed by atoms with Crippen LogP contribution in [0.2, 0.25) is 0 Å². The Morgan fingerprint density at radius 1 is 1.24 bits per heavy atom. The highest BCUT2D eigenvalue weighted by atomic mass is 19.4. The largest absolute Gasteiger partial charge is 0.490 e. The molecule has 1 aromatic carbocycles. The van der Waals surface area contributed by atoms with Gasteiger partial charge in [0.15, 0.2) is 0 Å². The smallest absolute Gasteiger partial charge is 0.475 e. The average Bonchev–Trinajstić information content (AvgIpc) is 2.37. The molecule has 0 aliphatic rings. The zero-order valence-electron chi connectivity index (χ0n) is 10.8. The maximum absolute atomic E-state index is 10.6. The van der Waals surface area contributed by atoms with E-state index in [9.17, 15) is 18.0 Å². The predicted octanol–water partition coefficient (Wildman–Crippen LogP) is 1.28. The van der Waals surface area contributed by atoms with Crippen molar-refractivity contribution in [1.82, 2.24) is 0 Å². The summed E-state index contributed by atoms with van der Waals surface area (Å²) in [6, 6.07) is 9.57. The van der Waals surface area contributed by atoms with Crippen LogP contribution in [0.25, 0.3) is 0 Å². The minimum atomic E-state index is -5.08. The number of amides is 1. The van der Waals surface area contributed by atoms with Crippen molar-refractivity contribution in [2.24, 2.45) is 11.5 Å².